The Hall–Kier alpha value is -1.91. The van der Waals surface area contributed by atoms with Crippen LogP contribution in [0.25, 0.3) is 32.0 Å². The van der Waals surface area contributed by atoms with E-state index in [1.54, 1.807) is 0 Å². The Morgan fingerprint density at radius 2 is 0.933 bits per heavy atom. The number of hydrogen-bond donors (Lipinski definition) is 0. The molecule has 0 saturated heterocycles. The van der Waals surface area contributed by atoms with Crippen molar-refractivity contribution in [1.82, 2.24) is 0 Å². The third kappa shape index (κ3) is 7.10. The fourth-order valence-corrected chi connectivity index (χ4v) is 4.28. The summed E-state index contributed by atoms with van der Waals surface area (Å²) in [7, 11) is -4.94. The number of benzene rings is 3. The molecule has 4 rings (SSSR count). The molecule has 0 spiro atoms. The highest BCUT2D eigenvalue weighted by atomic mass is 127. The first kappa shape index (κ1) is 22.8. The van der Waals surface area contributed by atoms with Crippen molar-refractivity contribution in [3.63, 3.8) is 0 Å². The zero-order valence-electron chi connectivity index (χ0n) is 15.5. The molecule has 3 aromatic carbocycles. The lowest BCUT2D eigenvalue weighted by Gasteiger charge is -2.17. The standard InChI is InChI=1S/C23H16IS.ClHO4/c24-21-13-11-17(12-14-21)20-15-22(18-7-3-1-4-8-18)25-23(16-20)19-9-5-2-6-10-19;2-1(3,4)5/h1-16H;(H,2,3,4,5)/q+1;/p-1. The average molecular weight is 551 g/mol. The maximum Gasteiger partial charge on any atom is 0.239 e. The average Bonchev–Trinajstić information content (AvgIpc) is 2.74. The van der Waals surface area contributed by atoms with Crippen LogP contribution in [-0.2, 0) is 0 Å². The molecule has 0 N–H and O–H groups in total. The van der Waals surface area contributed by atoms with E-state index in [9.17, 15) is 0 Å². The van der Waals surface area contributed by atoms with Gasteiger partial charge in [-0.2, -0.15) is 0 Å². The molecule has 1 aromatic heterocycles. The van der Waals surface area contributed by atoms with Gasteiger partial charge >= 0.3 is 0 Å². The molecule has 0 aliphatic heterocycles. The van der Waals surface area contributed by atoms with Gasteiger partial charge in [0, 0.05) is 26.8 Å². The lowest BCUT2D eigenvalue weighted by atomic mass is 10.0. The maximum absolute atomic E-state index is 8.49. The summed E-state index contributed by atoms with van der Waals surface area (Å²) in [5.41, 5.74) is 5.03. The maximum atomic E-state index is 8.49. The van der Waals surface area contributed by atoms with E-state index in [1.165, 1.54) is 35.6 Å². The van der Waals surface area contributed by atoms with E-state index in [-0.39, 0.29) is 0 Å². The molecule has 30 heavy (non-hydrogen) atoms. The van der Waals surface area contributed by atoms with Crippen LogP contribution in [0, 0.1) is 13.8 Å². The molecule has 0 atom stereocenters. The largest absolute Gasteiger partial charge is 0.239 e. The lowest BCUT2D eigenvalue weighted by molar-refractivity contribution is -2.00. The van der Waals surface area contributed by atoms with Crippen molar-refractivity contribution in [2.45, 2.75) is 0 Å². The van der Waals surface area contributed by atoms with Gasteiger partial charge in [0.05, 0.1) is 0 Å². The molecule has 0 radical (unpaired) electrons. The van der Waals surface area contributed by atoms with Gasteiger partial charge in [-0.3, -0.25) is 0 Å². The van der Waals surface area contributed by atoms with Crippen LogP contribution in [0.5, 0.6) is 0 Å². The Balaban J connectivity index is 0.000000461. The summed E-state index contributed by atoms with van der Waals surface area (Å²) in [6.07, 6.45) is 0. The first-order valence-electron chi connectivity index (χ1n) is 8.76. The Morgan fingerprint density at radius 1 is 0.533 bits per heavy atom. The fourth-order valence-electron chi connectivity index (χ4n) is 2.80. The molecule has 0 amide bonds. The van der Waals surface area contributed by atoms with Crippen molar-refractivity contribution in [3.8, 4) is 32.0 Å². The summed E-state index contributed by atoms with van der Waals surface area (Å²) in [5.74, 6) is 0. The molecule has 0 saturated carbocycles. The van der Waals surface area contributed by atoms with Gasteiger partial charge in [-0.15, -0.1) is 10.2 Å². The summed E-state index contributed by atoms with van der Waals surface area (Å²) in [4.78, 5) is 2.58. The van der Waals surface area contributed by atoms with Crippen LogP contribution in [-0.4, -0.2) is 0 Å². The van der Waals surface area contributed by atoms with Crippen molar-refractivity contribution in [2.75, 3.05) is 0 Å². The van der Waals surface area contributed by atoms with Crippen LogP contribution >= 0.6 is 33.9 Å². The molecule has 4 nitrogen and oxygen atoms in total. The zero-order chi connectivity index (χ0) is 21.6. The third-order valence-corrected chi connectivity index (χ3v) is 5.95. The van der Waals surface area contributed by atoms with E-state index >= 15 is 0 Å². The predicted molar refractivity (Wildman–Crippen MR) is 118 cm³/mol. The van der Waals surface area contributed by atoms with Gasteiger partial charge in [-0.05, 0) is 70.1 Å². The van der Waals surface area contributed by atoms with Crippen molar-refractivity contribution < 1.29 is 28.9 Å². The van der Waals surface area contributed by atoms with Crippen LogP contribution in [0.15, 0.2) is 97.1 Å². The quantitative estimate of drug-likeness (QED) is 0.290. The van der Waals surface area contributed by atoms with Gasteiger partial charge in [0.25, 0.3) is 0 Å². The molecule has 152 valence electrons. The van der Waals surface area contributed by atoms with E-state index in [1.807, 2.05) is 11.3 Å². The normalized spacial score (nSPS) is 10.8. The minimum Gasteiger partial charge on any atom is -0.222 e. The van der Waals surface area contributed by atoms with Crippen molar-refractivity contribution in [1.29, 1.82) is 0 Å². The van der Waals surface area contributed by atoms with E-state index < -0.39 is 10.2 Å². The molecule has 0 bridgehead atoms. The van der Waals surface area contributed by atoms with E-state index in [0.717, 1.165) is 0 Å². The van der Waals surface area contributed by atoms with Gasteiger partial charge in [0.2, 0.25) is 21.1 Å². The SMILES string of the molecule is Ic1ccc(-c2cc(-c3ccccc3)[s+]c(-c3ccccc3)c2)cc1.[O-][Cl+3]([O-])([O-])[O-]. The second-order valence-corrected chi connectivity index (χ2v) is 9.28. The summed E-state index contributed by atoms with van der Waals surface area (Å²) < 4.78 is 35.2. The summed E-state index contributed by atoms with van der Waals surface area (Å²) in [6.45, 7) is 0. The molecule has 7 heteroatoms. The Bertz CT molecular complexity index is 1020. The number of halogens is 2. The molecule has 0 aliphatic carbocycles. The monoisotopic (exact) mass is 550 g/mol. The molecular formula is C23H16ClIO4S. The Labute approximate surface area is 194 Å². The van der Waals surface area contributed by atoms with Crippen LogP contribution in [0.4, 0.5) is 0 Å². The van der Waals surface area contributed by atoms with Crippen molar-refractivity contribution in [2.24, 2.45) is 0 Å². The highest BCUT2D eigenvalue weighted by molar-refractivity contribution is 14.1. The molecule has 1 heterocycles. The first-order valence-corrected chi connectivity index (χ1v) is 11.9. The summed E-state index contributed by atoms with van der Waals surface area (Å²) >= 11 is 4.19. The lowest BCUT2D eigenvalue weighted by Crippen LogP contribution is -2.68. The summed E-state index contributed by atoms with van der Waals surface area (Å²) in [6, 6.07) is 34.6. The highest BCUT2D eigenvalue weighted by Crippen LogP contribution is 2.37. The van der Waals surface area contributed by atoms with E-state index in [0.29, 0.717) is 0 Å². The first-order chi connectivity index (χ1) is 14.3. The van der Waals surface area contributed by atoms with E-state index in [2.05, 4.69) is 120 Å². The summed E-state index contributed by atoms with van der Waals surface area (Å²) in [5, 5.41) is 0. The topological polar surface area (TPSA) is 92.2 Å². The van der Waals surface area contributed by atoms with Crippen LogP contribution in [0.3, 0.4) is 0 Å². The molecule has 0 aliphatic rings. The second kappa shape index (κ2) is 10.4. The van der Waals surface area contributed by atoms with Crippen LogP contribution in [0.2, 0.25) is 0 Å². The van der Waals surface area contributed by atoms with Gasteiger partial charge < -0.3 is 0 Å². The minimum absolute atomic E-state index is 1.25. The number of hydrogen-bond acceptors (Lipinski definition) is 4. The van der Waals surface area contributed by atoms with Gasteiger partial charge in [-0.25, -0.2) is 18.6 Å². The van der Waals surface area contributed by atoms with Crippen molar-refractivity contribution >= 4 is 33.9 Å². The van der Waals surface area contributed by atoms with Gasteiger partial charge in [0.1, 0.15) is 0 Å². The second-order valence-electron chi connectivity index (χ2n) is 6.19. The smallest absolute Gasteiger partial charge is 0.222 e. The van der Waals surface area contributed by atoms with E-state index in [4.69, 9.17) is 18.6 Å². The highest BCUT2D eigenvalue weighted by Gasteiger charge is 2.18. The predicted octanol–water partition coefficient (Wildman–Crippen LogP) is 2.88. The van der Waals surface area contributed by atoms with Crippen LogP contribution < -0.4 is 18.6 Å². The zero-order valence-corrected chi connectivity index (χ0v) is 19.3. The fraction of sp³-hybridized carbons (Fsp3) is 0. The van der Waals surface area contributed by atoms with Gasteiger partial charge in [-0.1, -0.05) is 48.5 Å². The third-order valence-electron chi connectivity index (χ3n) is 4.09. The van der Waals surface area contributed by atoms with Gasteiger partial charge in [0.15, 0.2) is 0 Å². The number of rotatable bonds is 3. The molecule has 4 aromatic rings. The molecule has 0 unspecified atom stereocenters. The minimum atomic E-state index is -4.94. The molecule has 0 fully saturated rings. The van der Waals surface area contributed by atoms with Crippen LogP contribution in [0.1, 0.15) is 0 Å². The Morgan fingerprint density at radius 3 is 1.33 bits per heavy atom. The van der Waals surface area contributed by atoms with Crippen molar-refractivity contribution in [3.05, 3.63) is 101 Å². The Kier molecular flexibility index (Phi) is 7.90. The molecular weight excluding hydrogens is 535 g/mol.